The van der Waals surface area contributed by atoms with Crippen LogP contribution in [0.1, 0.15) is 31.1 Å². The molecule has 1 aliphatic rings. The summed E-state index contributed by atoms with van der Waals surface area (Å²) in [5.41, 5.74) is 4.52. The lowest BCUT2D eigenvalue weighted by atomic mass is 10.0. The van der Waals surface area contributed by atoms with Crippen molar-refractivity contribution in [2.75, 3.05) is 6.54 Å². The zero-order valence-corrected chi connectivity index (χ0v) is 10.6. The molecular weight excluding hydrogens is 261 g/mol. The Bertz CT molecular complexity index is 519. The van der Waals surface area contributed by atoms with Crippen molar-refractivity contribution in [2.24, 2.45) is 5.73 Å². The molecule has 3 N–H and O–H groups in total. The van der Waals surface area contributed by atoms with Crippen molar-refractivity contribution in [3.8, 4) is 0 Å². The number of primary amides is 1. The predicted molar refractivity (Wildman–Crippen MR) is 61.2 cm³/mol. The Hall–Kier alpha value is -1.57. The van der Waals surface area contributed by atoms with Gasteiger partial charge in [-0.1, -0.05) is 0 Å². The molecule has 0 atom stereocenters. The zero-order chi connectivity index (χ0) is 14.4. The number of nitrogens with zero attached hydrogens (tertiary/aromatic N) is 2. The van der Waals surface area contributed by atoms with Crippen LogP contribution >= 0.6 is 0 Å². The first-order valence-electron chi connectivity index (χ1n) is 5.84. The Balaban J connectivity index is 2.69. The summed E-state index contributed by atoms with van der Waals surface area (Å²) in [6.45, 7) is 3.55. The van der Waals surface area contributed by atoms with E-state index in [9.17, 15) is 18.0 Å². The van der Waals surface area contributed by atoms with Crippen molar-refractivity contribution >= 4 is 5.91 Å². The van der Waals surface area contributed by atoms with Crippen molar-refractivity contribution < 1.29 is 18.0 Å². The Kier molecular flexibility index (Phi) is 3.08. The van der Waals surface area contributed by atoms with E-state index in [1.54, 1.807) is 0 Å². The van der Waals surface area contributed by atoms with Crippen molar-refractivity contribution in [2.45, 2.75) is 38.5 Å². The van der Waals surface area contributed by atoms with Crippen LogP contribution in [0.5, 0.6) is 0 Å². The number of nitrogens with two attached hydrogens (primary N) is 1. The Labute approximate surface area is 108 Å². The summed E-state index contributed by atoms with van der Waals surface area (Å²) in [6, 6.07) is 0. The van der Waals surface area contributed by atoms with Crippen molar-refractivity contribution in [1.29, 1.82) is 0 Å². The quantitative estimate of drug-likeness (QED) is 0.838. The number of carbonyl (C=O) groups excluding carboxylic acids is 1. The zero-order valence-electron chi connectivity index (χ0n) is 10.6. The van der Waals surface area contributed by atoms with Gasteiger partial charge in [0.05, 0.1) is 5.69 Å². The van der Waals surface area contributed by atoms with E-state index in [1.165, 1.54) is 13.8 Å². The molecule has 0 aromatic carbocycles. The minimum Gasteiger partial charge on any atom is -0.368 e. The molecule has 1 aliphatic heterocycles. The second kappa shape index (κ2) is 4.22. The fraction of sp³-hybridized carbons (Fsp3) is 0.636. The number of nitrogens with one attached hydrogen (secondary N) is 1. The van der Waals surface area contributed by atoms with Gasteiger partial charge in [0.1, 0.15) is 5.54 Å². The second-order valence-electron chi connectivity index (χ2n) is 5.01. The van der Waals surface area contributed by atoms with E-state index in [0.29, 0.717) is 24.4 Å². The number of fused-ring (bicyclic) bond motifs is 1. The maximum atomic E-state index is 13.1. The Morgan fingerprint density at radius 1 is 1.42 bits per heavy atom. The summed E-state index contributed by atoms with van der Waals surface area (Å²) < 4.78 is 40.2. The van der Waals surface area contributed by atoms with Gasteiger partial charge in [-0.25, -0.2) is 4.98 Å². The molecule has 0 aliphatic carbocycles. The van der Waals surface area contributed by atoms with Gasteiger partial charge in [0.15, 0.2) is 0 Å². The van der Waals surface area contributed by atoms with Crippen molar-refractivity contribution in [3.63, 3.8) is 0 Å². The molecule has 2 rings (SSSR count). The highest BCUT2D eigenvalue weighted by Gasteiger charge is 2.44. The lowest BCUT2D eigenvalue weighted by Gasteiger charge is -2.28. The van der Waals surface area contributed by atoms with Crippen LogP contribution in [0.2, 0.25) is 0 Å². The van der Waals surface area contributed by atoms with Gasteiger partial charge in [0.25, 0.3) is 0 Å². The number of hydrogen-bond donors (Lipinski definition) is 2. The fourth-order valence-electron chi connectivity index (χ4n) is 2.21. The molecule has 1 amide bonds. The minimum atomic E-state index is -4.62. The lowest BCUT2D eigenvalue weighted by Crippen LogP contribution is -2.44. The maximum Gasteiger partial charge on any atom is 0.449 e. The molecule has 0 saturated heterocycles. The molecule has 0 fully saturated rings. The molecule has 1 aromatic rings. The largest absolute Gasteiger partial charge is 0.449 e. The monoisotopic (exact) mass is 276 g/mol. The van der Waals surface area contributed by atoms with Crippen LogP contribution in [0, 0.1) is 0 Å². The summed E-state index contributed by atoms with van der Waals surface area (Å²) in [5.74, 6) is -1.89. The van der Waals surface area contributed by atoms with Crippen LogP contribution in [0.15, 0.2) is 0 Å². The minimum absolute atomic E-state index is 0.264. The van der Waals surface area contributed by atoms with E-state index in [1.807, 2.05) is 0 Å². The average molecular weight is 276 g/mol. The van der Waals surface area contributed by atoms with Gasteiger partial charge >= 0.3 is 6.18 Å². The molecule has 1 aromatic heterocycles. The van der Waals surface area contributed by atoms with Crippen LogP contribution < -0.4 is 11.1 Å². The van der Waals surface area contributed by atoms with Gasteiger partial charge in [-0.2, -0.15) is 13.2 Å². The normalized spacial score (nSPS) is 16.3. The Morgan fingerprint density at radius 2 is 2.05 bits per heavy atom. The summed E-state index contributed by atoms with van der Waals surface area (Å²) in [4.78, 5) is 15.1. The molecule has 0 unspecified atom stereocenters. The molecular formula is C11H15F3N4O. The molecule has 0 radical (unpaired) electrons. The van der Waals surface area contributed by atoms with E-state index in [2.05, 4.69) is 10.3 Å². The third-order valence-electron chi connectivity index (χ3n) is 3.30. The standard InChI is InChI=1S/C11H15F3N4O/c1-10(2,8(15)19)18-7-3-4-16-5-6(7)17-9(18)11(12,13)14/h16H,3-5H2,1-2H3,(H2,15,19). The van der Waals surface area contributed by atoms with Gasteiger partial charge in [0, 0.05) is 25.2 Å². The van der Waals surface area contributed by atoms with E-state index in [0.717, 1.165) is 4.57 Å². The Morgan fingerprint density at radius 3 is 2.58 bits per heavy atom. The number of carbonyl (C=O) groups is 1. The number of halogens is 3. The van der Waals surface area contributed by atoms with Gasteiger partial charge in [-0.05, 0) is 13.8 Å². The lowest BCUT2D eigenvalue weighted by molar-refractivity contribution is -0.150. The van der Waals surface area contributed by atoms with Crippen LogP contribution in [0.3, 0.4) is 0 Å². The molecule has 0 spiro atoms. The topological polar surface area (TPSA) is 72.9 Å². The van der Waals surface area contributed by atoms with Gasteiger partial charge < -0.3 is 15.6 Å². The molecule has 19 heavy (non-hydrogen) atoms. The average Bonchev–Trinajstić information content (AvgIpc) is 2.68. The highest BCUT2D eigenvalue weighted by atomic mass is 19.4. The fourth-order valence-corrected chi connectivity index (χ4v) is 2.21. The van der Waals surface area contributed by atoms with Gasteiger partial charge in [-0.3, -0.25) is 4.79 Å². The van der Waals surface area contributed by atoms with E-state index < -0.39 is 23.4 Å². The number of hydrogen-bond acceptors (Lipinski definition) is 3. The third kappa shape index (κ3) is 2.20. The summed E-state index contributed by atoms with van der Waals surface area (Å²) in [7, 11) is 0. The maximum absolute atomic E-state index is 13.1. The van der Waals surface area contributed by atoms with Gasteiger partial charge in [-0.15, -0.1) is 0 Å². The molecule has 5 nitrogen and oxygen atoms in total. The first-order valence-corrected chi connectivity index (χ1v) is 5.84. The third-order valence-corrected chi connectivity index (χ3v) is 3.30. The first kappa shape index (κ1) is 13.9. The number of aromatic nitrogens is 2. The van der Waals surface area contributed by atoms with Crippen molar-refractivity contribution in [3.05, 3.63) is 17.2 Å². The SMILES string of the molecule is CC(C)(C(N)=O)n1c(C(F)(F)F)nc2c1CCNC2. The van der Waals surface area contributed by atoms with Crippen LogP contribution in [-0.2, 0) is 29.5 Å². The van der Waals surface area contributed by atoms with E-state index >= 15 is 0 Å². The molecule has 2 heterocycles. The molecule has 0 saturated carbocycles. The highest BCUT2D eigenvalue weighted by Crippen LogP contribution is 2.35. The van der Waals surface area contributed by atoms with E-state index in [4.69, 9.17) is 5.73 Å². The van der Waals surface area contributed by atoms with Gasteiger partial charge in [0.2, 0.25) is 11.7 Å². The predicted octanol–water partition coefficient (Wildman–Crippen LogP) is 0.768. The first-order chi connectivity index (χ1) is 8.65. The summed E-state index contributed by atoms with van der Waals surface area (Å²) in [6.07, 6.45) is -4.24. The number of amides is 1. The van der Waals surface area contributed by atoms with Crippen LogP contribution in [0.25, 0.3) is 0 Å². The van der Waals surface area contributed by atoms with Crippen LogP contribution in [0.4, 0.5) is 13.2 Å². The molecule has 0 bridgehead atoms. The van der Waals surface area contributed by atoms with Crippen molar-refractivity contribution in [1.82, 2.24) is 14.9 Å². The second-order valence-corrected chi connectivity index (χ2v) is 5.01. The van der Waals surface area contributed by atoms with Crippen LogP contribution in [-0.4, -0.2) is 22.0 Å². The smallest absolute Gasteiger partial charge is 0.368 e. The number of imidazole rings is 1. The summed E-state index contributed by atoms with van der Waals surface area (Å²) >= 11 is 0. The number of alkyl halides is 3. The summed E-state index contributed by atoms with van der Waals surface area (Å²) in [5, 5.41) is 2.95. The molecule has 8 heteroatoms. The molecule has 106 valence electrons. The number of rotatable bonds is 2. The van der Waals surface area contributed by atoms with E-state index in [-0.39, 0.29) is 6.54 Å². The highest BCUT2D eigenvalue weighted by molar-refractivity contribution is 5.82.